The Kier molecular flexibility index (Phi) is 3.55. The summed E-state index contributed by atoms with van der Waals surface area (Å²) >= 11 is 0. The Bertz CT molecular complexity index is 735. The molecule has 106 valence electrons. The van der Waals surface area contributed by atoms with Gasteiger partial charge < -0.3 is 14.9 Å². The molecule has 1 aromatic heterocycles. The molecule has 0 aliphatic carbocycles. The first-order valence-electron chi connectivity index (χ1n) is 6.59. The van der Waals surface area contributed by atoms with Crippen molar-refractivity contribution in [2.45, 2.75) is 13.5 Å². The lowest BCUT2D eigenvalue weighted by Gasteiger charge is -2.05. The van der Waals surface area contributed by atoms with Crippen LogP contribution in [0, 0.1) is 6.92 Å². The van der Waals surface area contributed by atoms with Crippen molar-refractivity contribution in [3.8, 4) is 17.2 Å². The Morgan fingerprint density at radius 2 is 1.81 bits per heavy atom. The van der Waals surface area contributed by atoms with Crippen LogP contribution < -0.4 is 10.5 Å². The summed E-state index contributed by atoms with van der Waals surface area (Å²) in [6.45, 7) is 2.23. The second-order valence-electron chi connectivity index (χ2n) is 4.68. The molecule has 0 radical (unpaired) electrons. The van der Waals surface area contributed by atoms with Crippen LogP contribution in [0.5, 0.6) is 5.75 Å². The van der Waals surface area contributed by atoms with Crippen LogP contribution in [0.1, 0.15) is 11.5 Å². The van der Waals surface area contributed by atoms with E-state index in [2.05, 4.69) is 10.2 Å². The Morgan fingerprint density at radius 3 is 2.57 bits per heavy atom. The molecule has 0 amide bonds. The number of nitrogens with two attached hydrogens (primary N) is 1. The van der Waals surface area contributed by atoms with Gasteiger partial charge in [0.2, 0.25) is 5.89 Å². The Balaban J connectivity index is 1.71. The zero-order chi connectivity index (χ0) is 14.7. The van der Waals surface area contributed by atoms with E-state index in [9.17, 15) is 0 Å². The van der Waals surface area contributed by atoms with Gasteiger partial charge in [-0.05, 0) is 42.8 Å². The molecule has 0 saturated carbocycles. The fourth-order valence-corrected chi connectivity index (χ4v) is 1.91. The topological polar surface area (TPSA) is 74.2 Å². The first-order valence-corrected chi connectivity index (χ1v) is 6.59. The second kappa shape index (κ2) is 5.66. The fourth-order valence-electron chi connectivity index (χ4n) is 1.91. The minimum Gasteiger partial charge on any atom is -0.484 e. The molecule has 2 aromatic carbocycles. The van der Waals surface area contributed by atoms with Crippen molar-refractivity contribution in [2.24, 2.45) is 0 Å². The molecule has 1 heterocycles. The van der Waals surface area contributed by atoms with Crippen LogP contribution in [0.2, 0.25) is 0 Å². The second-order valence-corrected chi connectivity index (χ2v) is 4.68. The molecule has 3 rings (SSSR count). The van der Waals surface area contributed by atoms with Crippen LogP contribution in [0.25, 0.3) is 11.5 Å². The smallest absolute Gasteiger partial charge is 0.254 e. The number of hydrogen-bond donors (Lipinski definition) is 1. The molecule has 3 aromatic rings. The highest BCUT2D eigenvalue weighted by Crippen LogP contribution is 2.21. The number of nitrogen functional groups attached to an aromatic ring is 1. The summed E-state index contributed by atoms with van der Waals surface area (Å²) in [4.78, 5) is 0. The predicted octanol–water partition coefficient (Wildman–Crippen LogP) is 3.21. The third-order valence-electron chi connectivity index (χ3n) is 3.07. The molecule has 21 heavy (non-hydrogen) atoms. The van der Waals surface area contributed by atoms with Gasteiger partial charge in [-0.15, -0.1) is 10.2 Å². The van der Waals surface area contributed by atoms with E-state index in [1.165, 1.54) is 0 Å². The van der Waals surface area contributed by atoms with Crippen LogP contribution in [0.4, 0.5) is 5.69 Å². The number of ether oxygens (including phenoxy) is 1. The van der Waals surface area contributed by atoms with E-state index in [-0.39, 0.29) is 6.61 Å². The molecular weight excluding hydrogens is 266 g/mol. The number of benzene rings is 2. The van der Waals surface area contributed by atoms with E-state index in [4.69, 9.17) is 14.9 Å². The van der Waals surface area contributed by atoms with Gasteiger partial charge >= 0.3 is 0 Å². The molecule has 5 nitrogen and oxygen atoms in total. The summed E-state index contributed by atoms with van der Waals surface area (Å²) in [7, 11) is 0. The van der Waals surface area contributed by atoms with Crippen LogP contribution in [0.3, 0.4) is 0 Å². The van der Waals surface area contributed by atoms with Gasteiger partial charge in [-0.2, -0.15) is 0 Å². The summed E-state index contributed by atoms with van der Waals surface area (Å²) in [6, 6.07) is 15.1. The van der Waals surface area contributed by atoms with Crippen molar-refractivity contribution < 1.29 is 9.15 Å². The first-order chi connectivity index (χ1) is 10.2. The zero-order valence-corrected chi connectivity index (χ0v) is 11.6. The maximum Gasteiger partial charge on any atom is 0.254 e. The maximum absolute atomic E-state index is 5.67. The highest BCUT2D eigenvalue weighted by Gasteiger charge is 2.09. The number of aromatic nitrogens is 2. The number of hydrogen-bond acceptors (Lipinski definition) is 5. The third kappa shape index (κ3) is 3.02. The lowest BCUT2D eigenvalue weighted by atomic mass is 10.2. The molecule has 0 fully saturated rings. The van der Waals surface area contributed by atoms with Gasteiger partial charge in [-0.25, -0.2) is 0 Å². The Morgan fingerprint density at radius 1 is 1.05 bits per heavy atom. The Hall–Kier alpha value is -2.82. The van der Waals surface area contributed by atoms with Gasteiger partial charge in [0.25, 0.3) is 5.89 Å². The van der Waals surface area contributed by atoms with E-state index >= 15 is 0 Å². The maximum atomic E-state index is 5.67. The van der Waals surface area contributed by atoms with Gasteiger partial charge in [-0.3, -0.25) is 0 Å². The quantitative estimate of drug-likeness (QED) is 0.743. The number of para-hydroxylation sites is 1. The predicted molar refractivity (Wildman–Crippen MR) is 79.7 cm³/mol. The van der Waals surface area contributed by atoms with Gasteiger partial charge in [0.05, 0.1) is 0 Å². The molecule has 0 atom stereocenters. The van der Waals surface area contributed by atoms with Crippen molar-refractivity contribution in [3.63, 3.8) is 0 Å². The minimum absolute atomic E-state index is 0.243. The first kappa shape index (κ1) is 13.2. The average molecular weight is 281 g/mol. The van der Waals surface area contributed by atoms with E-state index in [0.717, 1.165) is 16.9 Å². The van der Waals surface area contributed by atoms with Gasteiger partial charge in [0, 0.05) is 11.3 Å². The third-order valence-corrected chi connectivity index (χ3v) is 3.07. The molecule has 0 aliphatic rings. The number of aryl methyl sites for hydroxylation is 1. The molecule has 0 aliphatic heterocycles. The molecule has 5 heteroatoms. The van der Waals surface area contributed by atoms with Crippen molar-refractivity contribution >= 4 is 5.69 Å². The summed E-state index contributed by atoms with van der Waals surface area (Å²) in [5.41, 5.74) is 8.24. The van der Waals surface area contributed by atoms with Crippen LogP contribution in [0.15, 0.2) is 52.9 Å². The SMILES string of the molecule is Cc1ccccc1OCc1nnc(-c2ccc(N)cc2)o1. The molecule has 0 spiro atoms. The highest BCUT2D eigenvalue weighted by molar-refractivity contribution is 5.56. The molecule has 2 N–H and O–H groups in total. The van der Waals surface area contributed by atoms with Crippen molar-refractivity contribution in [1.82, 2.24) is 10.2 Å². The average Bonchev–Trinajstić information content (AvgIpc) is 2.96. The minimum atomic E-state index is 0.243. The number of anilines is 1. The van der Waals surface area contributed by atoms with Crippen molar-refractivity contribution in [3.05, 3.63) is 60.0 Å². The molecular formula is C16H15N3O2. The van der Waals surface area contributed by atoms with E-state index in [1.54, 1.807) is 12.1 Å². The van der Waals surface area contributed by atoms with Crippen LogP contribution in [-0.4, -0.2) is 10.2 Å². The van der Waals surface area contributed by atoms with E-state index in [1.807, 2.05) is 43.3 Å². The highest BCUT2D eigenvalue weighted by atomic mass is 16.5. The monoisotopic (exact) mass is 281 g/mol. The number of nitrogens with zero attached hydrogens (tertiary/aromatic N) is 2. The van der Waals surface area contributed by atoms with Crippen molar-refractivity contribution in [1.29, 1.82) is 0 Å². The summed E-state index contributed by atoms with van der Waals surface area (Å²) in [5.74, 6) is 1.70. The Labute approximate surface area is 122 Å². The molecule has 0 saturated heterocycles. The largest absolute Gasteiger partial charge is 0.484 e. The van der Waals surface area contributed by atoms with Gasteiger partial charge in [-0.1, -0.05) is 18.2 Å². The van der Waals surface area contributed by atoms with E-state index in [0.29, 0.717) is 17.5 Å². The molecule has 0 bridgehead atoms. The normalized spacial score (nSPS) is 10.5. The van der Waals surface area contributed by atoms with Crippen molar-refractivity contribution in [2.75, 3.05) is 5.73 Å². The number of rotatable bonds is 4. The van der Waals surface area contributed by atoms with Gasteiger partial charge in [0.1, 0.15) is 5.75 Å². The van der Waals surface area contributed by atoms with E-state index < -0.39 is 0 Å². The fraction of sp³-hybridized carbons (Fsp3) is 0.125. The molecule has 0 unspecified atom stereocenters. The summed E-state index contributed by atoms with van der Waals surface area (Å²) < 4.78 is 11.3. The lowest BCUT2D eigenvalue weighted by Crippen LogP contribution is -1.97. The van der Waals surface area contributed by atoms with Crippen LogP contribution in [-0.2, 0) is 6.61 Å². The standard InChI is InChI=1S/C16H15N3O2/c1-11-4-2-3-5-14(11)20-10-15-18-19-16(21-15)12-6-8-13(17)9-7-12/h2-9H,10,17H2,1H3. The van der Waals surface area contributed by atoms with Crippen LogP contribution >= 0.6 is 0 Å². The summed E-state index contributed by atoms with van der Waals surface area (Å²) in [6.07, 6.45) is 0. The summed E-state index contributed by atoms with van der Waals surface area (Å²) in [5, 5.41) is 8.00. The van der Waals surface area contributed by atoms with Gasteiger partial charge in [0.15, 0.2) is 6.61 Å². The zero-order valence-electron chi connectivity index (χ0n) is 11.6. The lowest BCUT2D eigenvalue weighted by molar-refractivity contribution is 0.263.